The van der Waals surface area contributed by atoms with Crippen molar-refractivity contribution in [3.05, 3.63) is 47.8 Å². The molecule has 6 heteroatoms. The molecule has 5 nitrogen and oxygen atoms in total. The highest BCUT2D eigenvalue weighted by Gasteiger charge is 2.12. The Morgan fingerprint density at radius 1 is 1.29 bits per heavy atom. The Hall–Kier alpha value is -2.47. The van der Waals surface area contributed by atoms with Crippen LogP contribution >= 0.6 is 11.3 Å². The van der Waals surface area contributed by atoms with E-state index in [1.165, 1.54) is 11.3 Å². The van der Waals surface area contributed by atoms with E-state index in [-0.39, 0.29) is 5.91 Å². The molecule has 1 amide bonds. The summed E-state index contributed by atoms with van der Waals surface area (Å²) in [6.45, 7) is 1.88. The Bertz CT molecular complexity index is 796. The molecular weight excluding hydrogens is 286 g/mol. The third kappa shape index (κ3) is 2.71. The van der Waals surface area contributed by atoms with Gasteiger partial charge in [-0.1, -0.05) is 17.4 Å². The number of benzene rings is 1. The predicted molar refractivity (Wildman–Crippen MR) is 83.1 cm³/mol. The van der Waals surface area contributed by atoms with Gasteiger partial charge in [-0.05, 0) is 31.2 Å². The molecule has 0 saturated carbocycles. The number of hydrogen-bond donors (Lipinski definition) is 1. The quantitative estimate of drug-likeness (QED) is 0.806. The van der Waals surface area contributed by atoms with Gasteiger partial charge in [0, 0.05) is 11.9 Å². The summed E-state index contributed by atoms with van der Waals surface area (Å²) >= 11 is 1.41. The number of thiazole rings is 1. The largest absolute Gasteiger partial charge is 0.494 e. The van der Waals surface area contributed by atoms with Crippen LogP contribution in [0, 0.1) is 6.92 Å². The zero-order valence-corrected chi connectivity index (χ0v) is 12.4. The maximum absolute atomic E-state index is 12.1. The number of carbonyl (C=O) groups excluding carboxylic acids is 1. The summed E-state index contributed by atoms with van der Waals surface area (Å²) in [6, 6.07) is 9.23. The maximum atomic E-state index is 12.1. The van der Waals surface area contributed by atoms with Crippen LogP contribution < -0.4 is 10.1 Å². The van der Waals surface area contributed by atoms with Gasteiger partial charge in [0.15, 0.2) is 5.13 Å². The first-order chi connectivity index (χ1) is 10.2. The van der Waals surface area contributed by atoms with Gasteiger partial charge in [0.2, 0.25) is 0 Å². The normalized spacial score (nSPS) is 10.6. The minimum Gasteiger partial charge on any atom is -0.494 e. The van der Waals surface area contributed by atoms with Crippen molar-refractivity contribution in [2.45, 2.75) is 6.92 Å². The molecule has 0 unspecified atom stereocenters. The average Bonchev–Trinajstić information content (AvgIpc) is 2.90. The number of para-hydroxylation sites is 1. The monoisotopic (exact) mass is 299 g/mol. The van der Waals surface area contributed by atoms with Crippen LogP contribution in [0.4, 0.5) is 5.13 Å². The fourth-order valence-electron chi connectivity index (χ4n) is 1.91. The molecule has 3 rings (SSSR count). The molecule has 1 N–H and O–H groups in total. The zero-order chi connectivity index (χ0) is 14.8. The van der Waals surface area contributed by atoms with E-state index in [0.717, 1.165) is 15.9 Å². The third-order valence-corrected chi connectivity index (χ3v) is 3.93. The van der Waals surface area contributed by atoms with Crippen molar-refractivity contribution >= 4 is 32.6 Å². The van der Waals surface area contributed by atoms with Crippen molar-refractivity contribution in [1.82, 2.24) is 9.97 Å². The molecule has 2 heterocycles. The predicted octanol–water partition coefficient (Wildman–Crippen LogP) is 3.26. The summed E-state index contributed by atoms with van der Waals surface area (Å²) in [7, 11) is 1.60. The summed E-state index contributed by atoms with van der Waals surface area (Å²) in [5.74, 6) is 0.474. The number of aromatic nitrogens is 2. The number of nitrogens with one attached hydrogen (secondary N) is 1. The van der Waals surface area contributed by atoms with Crippen molar-refractivity contribution in [1.29, 1.82) is 0 Å². The number of carbonyl (C=O) groups is 1. The third-order valence-electron chi connectivity index (χ3n) is 3.00. The number of methoxy groups -OCH3 is 1. The number of anilines is 1. The van der Waals surface area contributed by atoms with Gasteiger partial charge in [0.1, 0.15) is 11.3 Å². The lowest BCUT2D eigenvalue weighted by atomic mass is 10.2. The summed E-state index contributed by atoms with van der Waals surface area (Å²) in [6.07, 6.45) is 1.55. The lowest BCUT2D eigenvalue weighted by Crippen LogP contribution is -2.11. The summed E-state index contributed by atoms with van der Waals surface area (Å²) in [4.78, 5) is 20.7. The number of amides is 1. The molecule has 106 valence electrons. The molecule has 21 heavy (non-hydrogen) atoms. The molecule has 0 radical (unpaired) electrons. The molecule has 0 aliphatic rings. The number of hydrogen-bond acceptors (Lipinski definition) is 5. The standard InChI is InChI=1S/C15H13N3O2S/c1-9-6-7-10(8-16-9)14(19)18-15-17-13-11(20-2)4-3-5-12(13)21-15/h3-8H,1-2H3,(H,17,18,19). The second-order valence-corrected chi connectivity index (χ2v) is 5.50. The molecule has 0 aliphatic carbocycles. The van der Waals surface area contributed by atoms with E-state index in [1.54, 1.807) is 25.4 Å². The van der Waals surface area contributed by atoms with Crippen LogP contribution in [0.2, 0.25) is 0 Å². The number of rotatable bonds is 3. The first-order valence-electron chi connectivity index (χ1n) is 6.35. The zero-order valence-electron chi connectivity index (χ0n) is 11.6. The van der Waals surface area contributed by atoms with Crippen molar-refractivity contribution < 1.29 is 9.53 Å². The first-order valence-corrected chi connectivity index (χ1v) is 7.16. The van der Waals surface area contributed by atoms with Gasteiger partial charge in [0.25, 0.3) is 5.91 Å². The summed E-state index contributed by atoms with van der Waals surface area (Å²) < 4.78 is 6.23. The van der Waals surface area contributed by atoms with Crippen LogP contribution in [0.3, 0.4) is 0 Å². The van der Waals surface area contributed by atoms with Gasteiger partial charge < -0.3 is 4.74 Å². The maximum Gasteiger partial charge on any atom is 0.259 e. The van der Waals surface area contributed by atoms with Crippen molar-refractivity contribution in [2.24, 2.45) is 0 Å². The Morgan fingerprint density at radius 3 is 2.86 bits per heavy atom. The van der Waals surface area contributed by atoms with E-state index >= 15 is 0 Å². The fourth-order valence-corrected chi connectivity index (χ4v) is 2.79. The Kier molecular flexibility index (Phi) is 3.53. The highest BCUT2D eigenvalue weighted by atomic mass is 32.1. The van der Waals surface area contributed by atoms with Crippen LogP contribution in [0.1, 0.15) is 16.1 Å². The van der Waals surface area contributed by atoms with Gasteiger partial charge in [0.05, 0.1) is 17.4 Å². The molecule has 2 aromatic heterocycles. The average molecular weight is 299 g/mol. The second-order valence-electron chi connectivity index (χ2n) is 4.47. The van der Waals surface area contributed by atoms with Gasteiger partial charge >= 0.3 is 0 Å². The molecular formula is C15H13N3O2S. The van der Waals surface area contributed by atoms with Crippen LogP contribution in [-0.4, -0.2) is 23.0 Å². The van der Waals surface area contributed by atoms with E-state index in [0.29, 0.717) is 16.4 Å². The van der Waals surface area contributed by atoms with E-state index in [1.807, 2.05) is 25.1 Å². The smallest absolute Gasteiger partial charge is 0.259 e. The molecule has 0 aliphatic heterocycles. The van der Waals surface area contributed by atoms with E-state index in [4.69, 9.17) is 4.74 Å². The summed E-state index contributed by atoms with van der Waals surface area (Å²) in [5.41, 5.74) is 2.13. The Balaban J connectivity index is 1.88. The van der Waals surface area contributed by atoms with Crippen LogP contribution in [0.5, 0.6) is 5.75 Å². The highest BCUT2D eigenvalue weighted by molar-refractivity contribution is 7.22. The number of nitrogens with zero attached hydrogens (tertiary/aromatic N) is 2. The van der Waals surface area contributed by atoms with Crippen LogP contribution in [0.25, 0.3) is 10.2 Å². The molecule has 1 aromatic carbocycles. The van der Waals surface area contributed by atoms with E-state index in [2.05, 4.69) is 15.3 Å². The molecule has 0 bridgehead atoms. The SMILES string of the molecule is COc1cccc2sc(NC(=O)c3ccc(C)nc3)nc12. The topological polar surface area (TPSA) is 64.1 Å². The molecule has 0 atom stereocenters. The number of ether oxygens (including phenoxy) is 1. The van der Waals surface area contributed by atoms with Crippen LogP contribution in [-0.2, 0) is 0 Å². The van der Waals surface area contributed by atoms with Crippen molar-refractivity contribution in [3.8, 4) is 5.75 Å². The Labute approximate surface area is 125 Å². The van der Waals surface area contributed by atoms with Crippen molar-refractivity contribution in [3.63, 3.8) is 0 Å². The lowest BCUT2D eigenvalue weighted by Gasteiger charge is -2.01. The van der Waals surface area contributed by atoms with E-state index < -0.39 is 0 Å². The minimum absolute atomic E-state index is 0.222. The van der Waals surface area contributed by atoms with Gasteiger partial charge in [-0.15, -0.1) is 0 Å². The molecule has 0 spiro atoms. The van der Waals surface area contributed by atoms with Crippen molar-refractivity contribution in [2.75, 3.05) is 12.4 Å². The molecule has 0 fully saturated rings. The summed E-state index contributed by atoms with van der Waals surface area (Å²) in [5, 5.41) is 3.33. The minimum atomic E-state index is -0.222. The lowest BCUT2D eigenvalue weighted by molar-refractivity contribution is 0.102. The number of fused-ring (bicyclic) bond motifs is 1. The van der Waals surface area contributed by atoms with Gasteiger partial charge in [-0.3, -0.25) is 15.1 Å². The van der Waals surface area contributed by atoms with Gasteiger partial charge in [-0.2, -0.15) is 0 Å². The van der Waals surface area contributed by atoms with E-state index in [9.17, 15) is 4.79 Å². The second kappa shape index (κ2) is 5.49. The van der Waals surface area contributed by atoms with Gasteiger partial charge in [-0.25, -0.2) is 4.98 Å². The fraction of sp³-hybridized carbons (Fsp3) is 0.133. The first kappa shape index (κ1) is 13.5. The van der Waals surface area contributed by atoms with Crippen LogP contribution in [0.15, 0.2) is 36.5 Å². The Morgan fingerprint density at radius 2 is 2.14 bits per heavy atom. The number of aryl methyl sites for hydroxylation is 1. The number of pyridine rings is 1. The molecule has 3 aromatic rings. The highest BCUT2D eigenvalue weighted by Crippen LogP contribution is 2.32. The molecule has 0 saturated heterocycles.